The number of nitrogens with zero attached hydrogens (tertiary/aromatic N) is 2. The van der Waals surface area contributed by atoms with Crippen molar-refractivity contribution in [3.63, 3.8) is 0 Å². The molecule has 0 N–H and O–H groups in total. The number of hydrogen-bond acceptors (Lipinski definition) is 7. The molecule has 1 aromatic heterocycles. The Morgan fingerprint density at radius 3 is 2.46 bits per heavy atom. The Bertz CT molecular complexity index is 863. The highest BCUT2D eigenvalue weighted by atomic mass is 16.5. The summed E-state index contributed by atoms with van der Waals surface area (Å²) >= 11 is 0. The summed E-state index contributed by atoms with van der Waals surface area (Å²) < 4.78 is 26.8. The molecule has 26 heavy (non-hydrogen) atoms. The summed E-state index contributed by atoms with van der Waals surface area (Å²) in [4.78, 5) is 4.47. The first-order valence-corrected chi connectivity index (χ1v) is 8.04. The number of para-hydroxylation sites is 1. The Hall–Kier alpha value is -3.06. The Kier molecular flexibility index (Phi) is 5.70. The molecule has 0 atom stereocenters. The van der Waals surface area contributed by atoms with E-state index in [4.69, 9.17) is 23.5 Å². The van der Waals surface area contributed by atoms with Gasteiger partial charge in [0.2, 0.25) is 5.82 Å². The highest BCUT2D eigenvalue weighted by Crippen LogP contribution is 2.33. The van der Waals surface area contributed by atoms with Gasteiger partial charge in [-0.2, -0.15) is 4.98 Å². The number of rotatable bonds is 8. The smallest absolute Gasteiger partial charge is 0.262 e. The second kappa shape index (κ2) is 8.35. The highest BCUT2D eigenvalue weighted by molar-refractivity contribution is 5.66. The molecule has 2 aromatic carbocycles. The van der Waals surface area contributed by atoms with E-state index in [2.05, 4.69) is 10.1 Å². The number of benzene rings is 2. The van der Waals surface area contributed by atoms with Crippen molar-refractivity contribution in [1.82, 2.24) is 10.1 Å². The van der Waals surface area contributed by atoms with Crippen LogP contribution in [0.15, 0.2) is 47.0 Å². The summed E-state index contributed by atoms with van der Waals surface area (Å²) in [5, 5.41) is 4.06. The lowest BCUT2D eigenvalue weighted by atomic mass is 10.2. The van der Waals surface area contributed by atoms with Crippen molar-refractivity contribution in [2.75, 3.05) is 34.5 Å². The molecule has 7 heteroatoms. The van der Waals surface area contributed by atoms with E-state index in [0.29, 0.717) is 42.2 Å². The van der Waals surface area contributed by atoms with Gasteiger partial charge in [0.1, 0.15) is 12.4 Å². The minimum atomic E-state index is 0.386. The van der Waals surface area contributed by atoms with Crippen molar-refractivity contribution in [3.8, 4) is 40.1 Å². The lowest BCUT2D eigenvalue weighted by Crippen LogP contribution is -2.05. The average molecular weight is 356 g/mol. The summed E-state index contributed by atoms with van der Waals surface area (Å²) in [5.41, 5.74) is 1.49. The van der Waals surface area contributed by atoms with E-state index in [1.807, 2.05) is 36.4 Å². The number of hydrogen-bond donors (Lipinski definition) is 0. The standard InChI is InChI=1S/C19H20N2O5/c1-22-10-11-25-16-9-8-13(12-17(16)24-3)18-20-19(26-21-18)14-6-4-5-7-15(14)23-2/h4-9,12H,10-11H2,1-3H3. The van der Waals surface area contributed by atoms with Crippen LogP contribution in [-0.4, -0.2) is 44.7 Å². The number of ether oxygens (including phenoxy) is 4. The predicted octanol–water partition coefficient (Wildman–Crippen LogP) is 3.45. The normalized spacial score (nSPS) is 10.6. The summed E-state index contributed by atoms with van der Waals surface area (Å²) in [6.07, 6.45) is 0. The van der Waals surface area contributed by atoms with Crippen LogP contribution in [0.25, 0.3) is 22.8 Å². The fourth-order valence-electron chi connectivity index (χ4n) is 2.43. The molecule has 0 aliphatic rings. The van der Waals surface area contributed by atoms with E-state index in [1.54, 1.807) is 27.4 Å². The zero-order chi connectivity index (χ0) is 18.4. The first kappa shape index (κ1) is 17.8. The SMILES string of the molecule is COCCOc1ccc(-c2noc(-c3ccccc3OC)n2)cc1OC. The summed E-state index contributed by atoms with van der Waals surface area (Å²) in [6.45, 7) is 0.935. The van der Waals surface area contributed by atoms with Crippen LogP contribution in [0.4, 0.5) is 0 Å². The maximum atomic E-state index is 5.63. The van der Waals surface area contributed by atoms with Crippen LogP contribution >= 0.6 is 0 Å². The Morgan fingerprint density at radius 1 is 0.885 bits per heavy atom. The van der Waals surface area contributed by atoms with E-state index >= 15 is 0 Å². The van der Waals surface area contributed by atoms with Gasteiger partial charge in [0, 0.05) is 12.7 Å². The first-order valence-electron chi connectivity index (χ1n) is 8.04. The van der Waals surface area contributed by atoms with Crippen LogP contribution in [-0.2, 0) is 4.74 Å². The maximum Gasteiger partial charge on any atom is 0.262 e. The quantitative estimate of drug-likeness (QED) is 0.572. The Balaban J connectivity index is 1.87. The van der Waals surface area contributed by atoms with Gasteiger partial charge in [-0.25, -0.2) is 0 Å². The third-order valence-corrected chi connectivity index (χ3v) is 3.73. The van der Waals surface area contributed by atoms with Gasteiger partial charge < -0.3 is 23.5 Å². The van der Waals surface area contributed by atoms with Crippen LogP contribution in [0.3, 0.4) is 0 Å². The lowest BCUT2D eigenvalue weighted by molar-refractivity contribution is 0.144. The predicted molar refractivity (Wildman–Crippen MR) is 95.6 cm³/mol. The number of aromatic nitrogens is 2. The maximum absolute atomic E-state index is 5.63. The first-order chi connectivity index (χ1) is 12.8. The van der Waals surface area contributed by atoms with E-state index in [9.17, 15) is 0 Å². The van der Waals surface area contributed by atoms with Crippen molar-refractivity contribution >= 4 is 0 Å². The van der Waals surface area contributed by atoms with Gasteiger partial charge in [-0.1, -0.05) is 17.3 Å². The molecule has 3 rings (SSSR count). The van der Waals surface area contributed by atoms with Gasteiger partial charge >= 0.3 is 0 Å². The Morgan fingerprint density at radius 2 is 1.69 bits per heavy atom. The van der Waals surface area contributed by atoms with Crippen molar-refractivity contribution < 1.29 is 23.5 Å². The second-order valence-corrected chi connectivity index (χ2v) is 5.33. The largest absolute Gasteiger partial charge is 0.496 e. The molecule has 0 saturated heterocycles. The van der Waals surface area contributed by atoms with Crippen LogP contribution in [0.2, 0.25) is 0 Å². The molecule has 3 aromatic rings. The zero-order valence-corrected chi connectivity index (χ0v) is 14.9. The lowest BCUT2D eigenvalue weighted by Gasteiger charge is -2.10. The third kappa shape index (κ3) is 3.78. The summed E-state index contributed by atoms with van der Waals surface area (Å²) in [7, 11) is 4.81. The molecule has 0 spiro atoms. The van der Waals surface area contributed by atoms with E-state index in [0.717, 1.165) is 11.1 Å². The van der Waals surface area contributed by atoms with Crippen LogP contribution < -0.4 is 14.2 Å². The van der Waals surface area contributed by atoms with Crippen molar-refractivity contribution in [1.29, 1.82) is 0 Å². The van der Waals surface area contributed by atoms with Gasteiger partial charge in [0.05, 0.1) is 26.4 Å². The fraction of sp³-hybridized carbons (Fsp3) is 0.263. The minimum absolute atomic E-state index is 0.386. The van der Waals surface area contributed by atoms with Crippen LogP contribution in [0.5, 0.6) is 17.2 Å². The molecular weight excluding hydrogens is 336 g/mol. The van der Waals surface area contributed by atoms with E-state index < -0.39 is 0 Å². The monoisotopic (exact) mass is 356 g/mol. The van der Waals surface area contributed by atoms with Crippen molar-refractivity contribution in [3.05, 3.63) is 42.5 Å². The molecule has 0 bridgehead atoms. The fourth-order valence-corrected chi connectivity index (χ4v) is 2.43. The Labute approximate surface area is 151 Å². The molecule has 0 radical (unpaired) electrons. The zero-order valence-electron chi connectivity index (χ0n) is 14.9. The van der Waals surface area contributed by atoms with Crippen molar-refractivity contribution in [2.45, 2.75) is 0 Å². The minimum Gasteiger partial charge on any atom is -0.496 e. The average Bonchev–Trinajstić information content (AvgIpc) is 3.18. The molecule has 0 fully saturated rings. The van der Waals surface area contributed by atoms with Gasteiger partial charge in [-0.15, -0.1) is 0 Å². The summed E-state index contributed by atoms with van der Waals surface area (Å²) in [6, 6.07) is 12.9. The molecule has 0 aliphatic carbocycles. The van der Waals surface area contributed by atoms with Gasteiger partial charge in [0.25, 0.3) is 5.89 Å². The molecule has 0 aliphatic heterocycles. The second-order valence-electron chi connectivity index (χ2n) is 5.33. The van der Waals surface area contributed by atoms with Crippen molar-refractivity contribution in [2.24, 2.45) is 0 Å². The van der Waals surface area contributed by atoms with E-state index in [1.165, 1.54) is 0 Å². The highest BCUT2D eigenvalue weighted by Gasteiger charge is 2.16. The molecule has 1 heterocycles. The van der Waals surface area contributed by atoms with Gasteiger partial charge in [-0.3, -0.25) is 0 Å². The van der Waals surface area contributed by atoms with Crippen LogP contribution in [0.1, 0.15) is 0 Å². The van der Waals surface area contributed by atoms with Crippen LogP contribution in [0, 0.1) is 0 Å². The molecule has 7 nitrogen and oxygen atoms in total. The third-order valence-electron chi connectivity index (χ3n) is 3.73. The van der Waals surface area contributed by atoms with Gasteiger partial charge in [-0.05, 0) is 30.3 Å². The summed E-state index contributed by atoms with van der Waals surface area (Å²) in [5.74, 6) is 2.72. The molecule has 0 saturated carbocycles. The van der Waals surface area contributed by atoms with E-state index in [-0.39, 0.29) is 0 Å². The molecular formula is C19H20N2O5. The molecule has 136 valence electrons. The topological polar surface area (TPSA) is 75.8 Å². The van der Waals surface area contributed by atoms with Gasteiger partial charge in [0.15, 0.2) is 11.5 Å². The molecule has 0 amide bonds. The number of methoxy groups -OCH3 is 3. The molecule has 0 unspecified atom stereocenters.